The van der Waals surface area contributed by atoms with Crippen molar-refractivity contribution >= 4 is 21.7 Å². The van der Waals surface area contributed by atoms with E-state index in [0.29, 0.717) is 18.8 Å². The smallest absolute Gasteiger partial charge is 0.138 e. The monoisotopic (exact) mass is 311 g/mol. The molecular weight excluding hydrogens is 294 g/mol. The fourth-order valence-corrected chi connectivity index (χ4v) is 2.53. The van der Waals surface area contributed by atoms with Gasteiger partial charge < -0.3 is 10.5 Å². The molecule has 0 aliphatic heterocycles. The molecule has 1 aromatic rings. The predicted molar refractivity (Wildman–Crippen MR) is 74.7 cm³/mol. The zero-order valence-electron chi connectivity index (χ0n) is 10.5. The van der Waals surface area contributed by atoms with Gasteiger partial charge in [0.25, 0.3) is 0 Å². The number of carbonyl (C=O) groups excluding carboxylic acids is 1. The Morgan fingerprint density at radius 2 is 2.28 bits per heavy atom. The van der Waals surface area contributed by atoms with Crippen molar-refractivity contribution in [3.8, 4) is 5.75 Å². The summed E-state index contributed by atoms with van der Waals surface area (Å²) in [5.41, 5.74) is 6.89. The fraction of sp³-hybridized carbons (Fsp3) is 0.500. The molecule has 18 heavy (non-hydrogen) atoms. The first-order valence-electron chi connectivity index (χ1n) is 6.20. The number of halogens is 1. The highest BCUT2D eigenvalue weighted by Gasteiger charge is 2.29. The van der Waals surface area contributed by atoms with Gasteiger partial charge in [0.2, 0.25) is 0 Å². The third kappa shape index (κ3) is 3.56. The van der Waals surface area contributed by atoms with Crippen LogP contribution in [0.4, 0.5) is 0 Å². The van der Waals surface area contributed by atoms with Crippen LogP contribution in [-0.4, -0.2) is 18.9 Å². The standard InChI is InChI=1S/C14H18BrNO2/c1-18-14-5-4-11(15)6-10(14)7-12(17)8-13(16)9-2-3-9/h4-6,9,13H,2-3,7-8,16H2,1H3. The third-order valence-corrected chi connectivity index (χ3v) is 3.81. The minimum absolute atomic E-state index is 0.0376. The van der Waals surface area contributed by atoms with Crippen LogP contribution in [0.3, 0.4) is 0 Å². The number of ether oxygens (including phenoxy) is 1. The second-order valence-corrected chi connectivity index (χ2v) is 5.79. The van der Waals surface area contributed by atoms with Crippen molar-refractivity contribution in [2.24, 2.45) is 11.7 Å². The normalized spacial score (nSPS) is 16.4. The molecule has 4 heteroatoms. The first-order chi connectivity index (χ1) is 8.60. The zero-order chi connectivity index (χ0) is 13.1. The number of hydrogen-bond donors (Lipinski definition) is 1. The van der Waals surface area contributed by atoms with Crippen LogP contribution < -0.4 is 10.5 Å². The molecular formula is C14H18BrNO2. The fourth-order valence-electron chi connectivity index (χ4n) is 2.12. The summed E-state index contributed by atoms with van der Waals surface area (Å²) in [4.78, 5) is 12.0. The number of nitrogens with two attached hydrogens (primary N) is 1. The summed E-state index contributed by atoms with van der Waals surface area (Å²) in [6.07, 6.45) is 3.21. The van der Waals surface area contributed by atoms with E-state index in [1.807, 2.05) is 18.2 Å². The van der Waals surface area contributed by atoms with Gasteiger partial charge in [0, 0.05) is 28.9 Å². The first-order valence-corrected chi connectivity index (χ1v) is 6.99. The Kier molecular flexibility index (Phi) is 4.40. The van der Waals surface area contributed by atoms with Crippen molar-refractivity contribution in [2.45, 2.75) is 31.7 Å². The zero-order valence-corrected chi connectivity index (χ0v) is 12.1. The van der Waals surface area contributed by atoms with Gasteiger partial charge in [-0.15, -0.1) is 0 Å². The predicted octanol–water partition coefficient (Wildman–Crippen LogP) is 2.70. The van der Waals surface area contributed by atoms with Gasteiger partial charge in [-0.2, -0.15) is 0 Å². The van der Waals surface area contributed by atoms with Gasteiger partial charge in [-0.05, 0) is 37.0 Å². The van der Waals surface area contributed by atoms with Crippen LogP contribution in [0.2, 0.25) is 0 Å². The second-order valence-electron chi connectivity index (χ2n) is 4.88. The molecule has 0 heterocycles. The van der Waals surface area contributed by atoms with E-state index < -0.39 is 0 Å². The van der Waals surface area contributed by atoms with Crippen molar-refractivity contribution in [3.05, 3.63) is 28.2 Å². The van der Waals surface area contributed by atoms with Crippen molar-refractivity contribution in [3.63, 3.8) is 0 Å². The maximum atomic E-state index is 12.0. The Hall–Kier alpha value is -0.870. The number of hydrogen-bond acceptors (Lipinski definition) is 3. The third-order valence-electron chi connectivity index (χ3n) is 3.32. The highest BCUT2D eigenvalue weighted by molar-refractivity contribution is 9.10. The van der Waals surface area contributed by atoms with Gasteiger partial charge in [-0.25, -0.2) is 0 Å². The Balaban J connectivity index is 1.98. The number of methoxy groups -OCH3 is 1. The van der Waals surface area contributed by atoms with E-state index in [2.05, 4.69) is 15.9 Å². The minimum Gasteiger partial charge on any atom is -0.496 e. The molecule has 0 radical (unpaired) electrons. The largest absolute Gasteiger partial charge is 0.496 e. The second kappa shape index (κ2) is 5.85. The van der Waals surface area contributed by atoms with E-state index in [-0.39, 0.29) is 11.8 Å². The van der Waals surface area contributed by atoms with Crippen molar-refractivity contribution in [1.82, 2.24) is 0 Å². The van der Waals surface area contributed by atoms with E-state index in [4.69, 9.17) is 10.5 Å². The topological polar surface area (TPSA) is 52.3 Å². The van der Waals surface area contributed by atoms with Gasteiger partial charge in [-0.1, -0.05) is 15.9 Å². The molecule has 1 aliphatic rings. The molecule has 98 valence electrons. The van der Waals surface area contributed by atoms with Crippen molar-refractivity contribution < 1.29 is 9.53 Å². The number of carbonyl (C=O) groups is 1. The highest BCUT2D eigenvalue weighted by atomic mass is 79.9. The van der Waals surface area contributed by atoms with Crippen LogP contribution >= 0.6 is 15.9 Å². The van der Waals surface area contributed by atoms with Crippen LogP contribution in [0.15, 0.2) is 22.7 Å². The first kappa shape index (κ1) is 13.6. The molecule has 0 spiro atoms. The molecule has 2 rings (SSSR count). The molecule has 1 aromatic carbocycles. The summed E-state index contributed by atoms with van der Waals surface area (Å²) in [6.45, 7) is 0. The Bertz CT molecular complexity index is 443. The average Bonchev–Trinajstić information content (AvgIpc) is 3.12. The average molecular weight is 312 g/mol. The van der Waals surface area contributed by atoms with Crippen LogP contribution in [0, 0.1) is 5.92 Å². The molecule has 1 fully saturated rings. The van der Waals surface area contributed by atoms with Crippen molar-refractivity contribution in [1.29, 1.82) is 0 Å². The Morgan fingerprint density at radius 1 is 1.56 bits per heavy atom. The van der Waals surface area contributed by atoms with Gasteiger partial charge in [0.05, 0.1) is 7.11 Å². The molecule has 3 nitrogen and oxygen atoms in total. The molecule has 1 unspecified atom stereocenters. The van der Waals surface area contributed by atoms with Crippen molar-refractivity contribution in [2.75, 3.05) is 7.11 Å². The van der Waals surface area contributed by atoms with Gasteiger partial charge >= 0.3 is 0 Å². The molecule has 0 saturated heterocycles. The Morgan fingerprint density at radius 3 is 2.89 bits per heavy atom. The number of benzene rings is 1. The molecule has 0 bridgehead atoms. The van der Waals surface area contributed by atoms with E-state index in [0.717, 1.165) is 15.8 Å². The van der Waals surface area contributed by atoms with E-state index >= 15 is 0 Å². The van der Waals surface area contributed by atoms with E-state index in [1.54, 1.807) is 7.11 Å². The van der Waals surface area contributed by atoms with E-state index in [9.17, 15) is 4.79 Å². The lowest BCUT2D eigenvalue weighted by atomic mass is 10.0. The maximum absolute atomic E-state index is 12.0. The summed E-state index contributed by atoms with van der Waals surface area (Å²) in [5.74, 6) is 1.51. The minimum atomic E-state index is 0.0376. The van der Waals surface area contributed by atoms with Gasteiger partial charge in [-0.3, -0.25) is 4.79 Å². The molecule has 2 N–H and O–H groups in total. The summed E-state index contributed by atoms with van der Waals surface area (Å²) >= 11 is 3.41. The number of Topliss-reactive ketones (excluding diaryl/α,β-unsaturated/α-hetero) is 1. The molecule has 1 atom stereocenters. The number of rotatable bonds is 6. The lowest BCUT2D eigenvalue weighted by molar-refractivity contribution is -0.118. The highest BCUT2D eigenvalue weighted by Crippen LogP contribution is 2.33. The lowest BCUT2D eigenvalue weighted by Gasteiger charge is -2.11. The van der Waals surface area contributed by atoms with E-state index in [1.165, 1.54) is 12.8 Å². The van der Waals surface area contributed by atoms with Crippen LogP contribution in [0.5, 0.6) is 5.75 Å². The molecule has 0 aromatic heterocycles. The quantitative estimate of drug-likeness (QED) is 0.879. The van der Waals surface area contributed by atoms with Crippen LogP contribution in [0.1, 0.15) is 24.8 Å². The van der Waals surface area contributed by atoms with Crippen LogP contribution in [0.25, 0.3) is 0 Å². The summed E-state index contributed by atoms with van der Waals surface area (Å²) in [5, 5.41) is 0. The lowest BCUT2D eigenvalue weighted by Crippen LogP contribution is -2.26. The van der Waals surface area contributed by atoms with Crippen LogP contribution in [-0.2, 0) is 11.2 Å². The molecule has 0 amide bonds. The summed E-state index contributed by atoms with van der Waals surface area (Å²) in [6, 6.07) is 5.74. The molecule has 1 saturated carbocycles. The molecule has 1 aliphatic carbocycles. The SMILES string of the molecule is COc1ccc(Br)cc1CC(=O)CC(N)C1CC1. The maximum Gasteiger partial charge on any atom is 0.138 e. The number of ketones is 1. The Labute approximate surface area is 116 Å². The summed E-state index contributed by atoms with van der Waals surface area (Å²) in [7, 11) is 1.62. The van der Waals surface area contributed by atoms with Gasteiger partial charge in [0.1, 0.15) is 11.5 Å². The summed E-state index contributed by atoms with van der Waals surface area (Å²) < 4.78 is 6.22. The van der Waals surface area contributed by atoms with Gasteiger partial charge in [0.15, 0.2) is 0 Å².